The van der Waals surface area contributed by atoms with Gasteiger partial charge in [-0.1, -0.05) is 11.3 Å². The molecule has 0 radical (unpaired) electrons. The van der Waals surface area contributed by atoms with Crippen molar-refractivity contribution in [3.63, 3.8) is 0 Å². The van der Waals surface area contributed by atoms with Crippen molar-refractivity contribution in [3.05, 3.63) is 42.0 Å². The van der Waals surface area contributed by atoms with Crippen molar-refractivity contribution in [2.24, 2.45) is 10.2 Å². The van der Waals surface area contributed by atoms with E-state index in [1.807, 2.05) is 43.3 Å². The third-order valence-electron chi connectivity index (χ3n) is 4.63. The zero-order valence-electron chi connectivity index (χ0n) is 16.5. The maximum Gasteiger partial charge on any atom is 0.231 e. The number of hydrogen-bond donors (Lipinski definition) is 0. The van der Waals surface area contributed by atoms with Crippen molar-refractivity contribution >= 4 is 38.1 Å². The molecule has 1 atom stereocenters. The minimum atomic E-state index is -0.274. The first-order valence-corrected chi connectivity index (χ1v) is 10.1. The molecule has 1 heterocycles. The van der Waals surface area contributed by atoms with Gasteiger partial charge in [-0.25, -0.2) is 4.98 Å². The number of nitrogens with zero attached hydrogens (tertiary/aromatic N) is 5. The lowest BCUT2D eigenvalue weighted by atomic mass is 10.00. The van der Waals surface area contributed by atoms with Gasteiger partial charge in [-0.05, 0) is 62.7 Å². The predicted octanol–water partition coefficient (Wildman–Crippen LogP) is 6.19. The normalized spacial score (nSPS) is 12.2. The van der Waals surface area contributed by atoms with Crippen molar-refractivity contribution in [2.45, 2.75) is 26.7 Å². The van der Waals surface area contributed by atoms with Crippen LogP contribution in [0.5, 0.6) is 5.75 Å². The molecule has 28 heavy (non-hydrogen) atoms. The molecule has 3 rings (SSSR count). The van der Waals surface area contributed by atoms with Gasteiger partial charge in [-0.2, -0.15) is 5.26 Å². The summed E-state index contributed by atoms with van der Waals surface area (Å²) in [6.07, 6.45) is 0. The number of nitriles is 1. The summed E-state index contributed by atoms with van der Waals surface area (Å²) in [7, 11) is 1.64. The molecule has 144 valence electrons. The highest BCUT2D eigenvalue weighted by molar-refractivity contribution is 7.21. The fourth-order valence-electron chi connectivity index (χ4n) is 2.99. The maximum absolute atomic E-state index is 9.43. The van der Waals surface area contributed by atoms with E-state index in [1.54, 1.807) is 7.11 Å². The molecule has 1 aromatic heterocycles. The van der Waals surface area contributed by atoms with Crippen LogP contribution in [-0.2, 0) is 0 Å². The number of azo groups is 1. The van der Waals surface area contributed by atoms with E-state index in [0.717, 1.165) is 40.3 Å². The Morgan fingerprint density at radius 1 is 1.18 bits per heavy atom. The van der Waals surface area contributed by atoms with Crippen molar-refractivity contribution in [1.29, 1.82) is 5.26 Å². The summed E-state index contributed by atoms with van der Waals surface area (Å²) >= 11 is 1.46. The topological polar surface area (TPSA) is 73.9 Å². The van der Waals surface area contributed by atoms with Crippen molar-refractivity contribution in [1.82, 2.24) is 4.98 Å². The first-order chi connectivity index (χ1) is 13.6. The number of methoxy groups -OCH3 is 1. The van der Waals surface area contributed by atoms with E-state index in [0.29, 0.717) is 10.8 Å². The van der Waals surface area contributed by atoms with Crippen LogP contribution in [-0.4, -0.2) is 25.2 Å². The van der Waals surface area contributed by atoms with Crippen LogP contribution in [0.4, 0.5) is 16.5 Å². The fraction of sp³-hybridized carbons (Fsp3) is 0.333. The van der Waals surface area contributed by atoms with Gasteiger partial charge in [0.1, 0.15) is 5.75 Å². The minimum Gasteiger partial charge on any atom is -0.497 e. The van der Waals surface area contributed by atoms with Crippen LogP contribution in [0.2, 0.25) is 0 Å². The van der Waals surface area contributed by atoms with Crippen molar-refractivity contribution < 1.29 is 4.74 Å². The molecule has 0 spiro atoms. The maximum atomic E-state index is 9.43. The van der Waals surface area contributed by atoms with Crippen LogP contribution < -0.4 is 9.64 Å². The Balaban J connectivity index is 1.95. The van der Waals surface area contributed by atoms with Gasteiger partial charge in [0.15, 0.2) is 0 Å². The molecular weight excluding hydrogens is 370 g/mol. The first-order valence-electron chi connectivity index (χ1n) is 9.24. The summed E-state index contributed by atoms with van der Waals surface area (Å²) in [5.41, 5.74) is 3.52. The van der Waals surface area contributed by atoms with Crippen molar-refractivity contribution in [2.75, 3.05) is 25.1 Å². The second-order valence-corrected chi connectivity index (χ2v) is 7.31. The average Bonchev–Trinajstić information content (AvgIpc) is 3.14. The number of aromatic nitrogens is 1. The van der Waals surface area contributed by atoms with Gasteiger partial charge in [0, 0.05) is 18.8 Å². The van der Waals surface area contributed by atoms with Crippen LogP contribution in [0.1, 0.15) is 32.3 Å². The summed E-state index contributed by atoms with van der Waals surface area (Å²) in [5, 5.41) is 18.7. The van der Waals surface area contributed by atoms with Gasteiger partial charge in [0.05, 0.1) is 35.0 Å². The van der Waals surface area contributed by atoms with E-state index < -0.39 is 0 Å². The Kier molecular flexibility index (Phi) is 6.22. The highest BCUT2D eigenvalue weighted by atomic mass is 32.1. The molecule has 0 bridgehead atoms. The molecule has 0 saturated carbocycles. The highest BCUT2D eigenvalue weighted by Gasteiger charge is 2.13. The SMILES string of the molecule is CCN(CC)c1ccc(N=Nc2nc3ccc(OC)cc3s2)c(C(C)C#N)c1. The Morgan fingerprint density at radius 2 is 1.96 bits per heavy atom. The smallest absolute Gasteiger partial charge is 0.231 e. The lowest BCUT2D eigenvalue weighted by Gasteiger charge is -2.22. The molecular formula is C21H23N5OS. The van der Waals surface area contributed by atoms with E-state index in [-0.39, 0.29) is 5.92 Å². The van der Waals surface area contributed by atoms with Gasteiger partial charge in [-0.15, -0.1) is 10.2 Å². The summed E-state index contributed by atoms with van der Waals surface area (Å²) in [6.45, 7) is 7.93. The van der Waals surface area contributed by atoms with E-state index in [1.165, 1.54) is 11.3 Å². The van der Waals surface area contributed by atoms with Crippen LogP contribution in [0.3, 0.4) is 0 Å². The van der Waals surface area contributed by atoms with E-state index in [4.69, 9.17) is 4.74 Å². The Hall–Kier alpha value is -2.98. The third-order valence-corrected chi connectivity index (χ3v) is 5.53. The lowest BCUT2D eigenvalue weighted by Crippen LogP contribution is -2.21. The highest BCUT2D eigenvalue weighted by Crippen LogP contribution is 2.35. The zero-order valence-corrected chi connectivity index (χ0v) is 17.3. The molecule has 0 aliphatic rings. The third kappa shape index (κ3) is 4.12. The van der Waals surface area contributed by atoms with Gasteiger partial charge < -0.3 is 9.64 Å². The molecule has 0 aliphatic carbocycles. The monoisotopic (exact) mass is 393 g/mol. The summed E-state index contributed by atoms with van der Waals surface area (Å²) in [6, 6.07) is 14.0. The molecule has 7 heteroatoms. The number of benzene rings is 2. The second kappa shape index (κ2) is 8.81. The molecule has 0 saturated heterocycles. The Bertz CT molecular complexity index is 1030. The van der Waals surface area contributed by atoms with Crippen LogP contribution in [0, 0.1) is 11.3 Å². The Morgan fingerprint density at radius 3 is 2.64 bits per heavy atom. The van der Waals surface area contributed by atoms with E-state index in [2.05, 4.69) is 40.0 Å². The zero-order chi connectivity index (χ0) is 20.1. The summed E-state index contributed by atoms with van der Waals surface area (Å²) in [5.74, 6) is 0.515. The summed E-state index contributed by atoms with van der Waals surface area (Å²) in [4.78, 5) is 6.74. The molecule has 2 aromatic carbocycles. The van der Waals surface area contributed by atoms with E-state index in [9.17, 15) is 5.26 Å². The number of hydrogen-bond acceptors (Lipinski definition) is 7. The molecule has 0 fully saturated rings. The number of rotatable bonds is 7. The minimum absolute atomic E-state index is 0.274. The molecule has 3 aromatic rings. The Labute approximate surface area is 169 Å². The van der Waals surface area contributed by atoms with Gasteiger partial charge in [-0.3, -0.25) is 0 Å². The number of thiazole rings is 1. The van der Waals surface area contributed by atoms with Gasteiger partial charge >= 0.3 is 0 Å². The van der Waals surface area contributed by atoms with Gasteiger partial charge in [0.25, 0.3) is 0 Å². The lowest BCUT2D eigenvalue weighted by molar-refractivity contribution is 0.415. The van der Waals surface area contributed by atoms with Crippen LogP contribution in [0.15, 0.2) is 46.6 Å². The first kappa shape index (κ1) is 19.8. The largest absolute Gasteiger partial charge is 0.497 e. The van der Waals surface area contributed by atoms with Crippen LogP contribution >= 0.6 is 11.3 Å². The van der Waals surface area contributed by atoms with Crippen LogP contribution in [0.25, 0.3) is 10.2 Å². The quantitative estimate of drug-likeness (QED) is 0.448. The standard InChI is InChI=1S/C21H23N5OS/c1-5-26(6-2)15-7-9-18(17(11-15)14(3)13-22)24-25-21-23-19-10-8-16(27-4)12-20(19)28-21/h7-12,14H,5-6H2,1-4H3. The van der Waals surface area contributed by atoms with Gasteiger partial charge in [0.2, 0.25) is 5.13 Å². The number of ether oxygens (including phenoxy) is 1. The molecule has 0 N–H and O–H groups in total. The van der Waals surface area contributed by atoms with E-state index >= 15 is 0 Å². The average molecular weight is 394 g/mol. The van der Waals surface area contributed by atoms with Crippen molar-refractivity contribution in [3.8, 4) is 11.8 Å². The fourth-order valence-corrected chi connectivity index (χ4v) is 3.81. The predicted molar refractivity (Wildman–Crippen MR) is 114 cm³/mol. The molecule has 6 nitrogen and oxygen atoms in total. The second-order valence-electron chi connectivity index (χ2n) is 6.30. The summed E-state index contributed by atoms with van der Waals surface area (Å²) < 4.78 is 6.25. The molecule has 0 amide bonds. The molecule has 1 unspecified atom stereocenters. The number of fused-ring (bicyclic) bond motifs is 1. The number of anilines is 1. The molecule has 0 aliphatic heterocycles.